The average molecular weight is 491 g/mol. The molecule has 0 spiro atoms. The lowest BCUT2D eigenvalue weighted by atomic mass is 9.93. The van der Waals surface area contributed by atoms with Gasteiger partial charge >= 0.3 is 18.0 Å². The number of aromatic nitrogens is 1. The smallest absolute Gasteiger partial charge is 0.410 e. The number of halogens is 2. The van der Waals surface area contributed by atoms with Gasteiger partial charge in [-0.3, -0.25) is 0 Å². The van der Waals surface area contributed by atoms with Crippen molar-refractivity contribution in [2.75, 3.05) is 25.0 Å². The molecule has 2 heterocycles. The molecule has 188 valence electrons. The van der Waals surface area contributed by atoms with Crippen LogP contribution in [0.5, 0.6) is 0 Å². The van der Waals surface area contributed by atoms with E-state index in [4.69, 9.17) is 14.9 Å². The van der Waals surface area contributed by atoms with Crippen molar-refractivity contribution in [2.24, 2.45) is 5.92 Å². The summed E-state index contributed by atoms with van der Waals surface area (Å²) in [5.74, 6) is -5.79. The average Bonchev–Trinajstić information content (AvgIpc) is 2.82. The van der Waals surface area contributed by atoms with Crippen molar-refractivity contribution in [1.29, 1.82) is 0 Å². The summed E-state index contributed by atoms with van der Waals surface area (Å²) in [4.78, 5) is 36.4. The maximum absolute atomic E-state index is 14.5. The maximum atomic E-state index is 14.5. The third-order valence-corrected chi connectivity index (χ3v) is 5.05. The molecule has 1 aliphatic heterocycles. The fourth-order valence-corrected chi connectivity index (χ4v) is 3.15. The second kappa shape index (κ2) is 13.0. The molecule has 0 saturated carbocycles. The highest BCUT2D eigenvalue weighted by atomic mass is 19.3. The maximum Gasteiger partial charge on any atom is 0.410 e. The summed E-state index contributed by atoms with van der Waals surface area (Å²) >= 11 is 0. The number of aryl methyl sites for hydroxylation is 1. The number of aliphatic carboxylic acids is 2. The Morgan fingerprint density at radius 1 is 1.14 bits per heavy atom. The first kappa shape index (κ1) is 27.2. The molecule has 9 nitrogen and oxygen atoms in total. The molecule has 3 N–H and O–H groups in total. The zero-order valence-corrected chi connectivity index (χ0v) is 19.1. The van der Waals surface area contributed by atoms with Crippen molar-refractivity contribution >= 4 is 23.8 Å². The number of carbonyl (C=O) groups excluding carboxylic acids is 1. The number of pyridine rings is 1. The lowest BCUT2D eigenvalue weighted by Crippen LogP contribution is -2.52. The molecule has 1 amide bonds. The zero-order chi connectivity index (χ0) is 25.8. The predicted molar refractivity (Wildman–Crippen MR) is 123 cm³/mol. The number of rotatable bonds is 7. The zero-order valence-electron chi connectivity index (χ0n) is 19.1. The molecule has 0 unspecified atom stereocenters. The Balaban J connectivity index is 0.000000466. The van der Waals surface area contributed by atoms with Crippen molar-refractivity contribution in [3.8, 4) is 0 Å². The van der Waals surface area contributed by atoms with E-state index in [9.17, 15) is 23.2 Å². The van der Waals surface area contributed by atoms with Gasteiger partial charge in [0.25, 0.3) is 5.92 Å². The van der Waals surface area contributed by atoms with Crippen molar-refractivity contribution in [1.82, 2.24) is 9.88 Å². The van der Waals surface area contributed by atoms with Gasteiger partial charge in [0.1, 0.15) is 12.4 Å². The summed E-state index contributed by atoms with van der Waals surface area (Å²) in [5, 5.41) is 18.6. The van der Waals surface area contributed by atoms with Gasteiger partial charge in [-0.1, -0.05) is 35.9 Å². The van der Waals surface area contributed by atoms with Crippen LogP contribution < -0.4 is 5.32 Å². The van der Waals surface area contributed by atoms with Gasteiger partial charge in [0.15, 0.2) is 0 Å². The Morgan fingerprint density at radius 2 is 1.80 bits per heavy atom. The molecule has 0 radical (unpaired) electrons. The van der Waals surface area contributed by atoms with E-state index in [0.29, 0.717) is 18.0 Å². The van der Waals surface area contributed by atoms with Crippen LogP contribution in [0.3, 0.4) is 0 Å². The molecule has 1 aromatic heterocycles. The number of likely N-dealkylation sites (tertiary alicyclic amines) is 1. The highest BCUT2D eigenvalue weighted by Gasteiger charge is 2.46. The number of anilines is 1. The van der Waals surface area contributed by atoms with Gasteiger partial charge in [-0.05, 0) is 31.0 Å². The SMILES string of the molecule is Cc1ccc(COC(=O)N2CC[C@H](CNc3ccccn3)C(F)(F)C2)cc1.O=C(O)/C=C/C(=O)O. The molecule has 2 aromatic rings. The third-order valence-electron chi connectivity index (χ3n) is 5.05. The van der Waals surface area contributed by atoms with Crippen LogP contribution >= 0.6 is 0 Å². The normalized spacial score (nSPS) is 16.7. The fraction of sp³-hybridized carbons (Fsp3) is 0.333. The van der Waals surface area contributed by atoms with Gasteiger partial charge in [0.2, 0.25) is 0 Å². The largest absolute Gasteiger partial charge is 0.478 e. The van der Waals surface area contributed by atoms with Crippen LogP contribution in [0.25, 0.3) is 0 Å². The summed E-state index contributed by atoms with van der Waals surface area (Å²) in [6, 6.07) is 12.8. The first-order chi connectivity index (χ1) is 16.6. The number of carbonyl (C=O) groups is 3. The summed E-state index contributed by atoms with van der Waals surface area (Å²) in [6.45, 7) is 1.76. The summed E-state index contributed by atoms with van der Waals surface area (Å²) in [7, 11) is 0. The molecular formula is C24H27F2N3O6. The van der Waals surface area contributed by atoms with E-state index >= 15 is 0 Å². The molecule has 1 fully saturated rings. The fourth-order valence-electron chi connectivity index (χ4n) is 3.15. The van der Waals surface area contributed by atoms with E-state index in [1.807, 2.05) is 31.2 Å². The summed E-state index contributed by atoms with van der Waals surface area (Å²) < 4.78 is 34.2. The van der Waals surface area contributed by atoms with Gasteiger partial charge in [0.05, 0.1) is 6.54 Å². The Labute approximate surface area is 201 Å². The predicted octanol–water partition coefficient (Wildman–Crippen LogP) is 3.81. The lowest BCUT2D eigenvalue weighted by molar-refractivity contribution is -0.134. The number of alkyl halides is 2. The Hall–Kier alpha value is -4.02. The minimum absolute atomic E-state index is 0.0752. The first-order valence-corrected chi connectivity index (χ1v) is 10.7. The van der Waals surface area contributed by atoms with Crippen LogP contribution in [-0.2, 0) is 20.9 Å². The van der Waals surface area contributed by atoms with Crippen molar-refractivity contribution in [3.63, 3.8) is 0 Å². The molecule has 35 heavy (non-hydrogen) atoms. The number of nitrogens with one attached hydrogen (secondary N) is 1. The highest BCUT2D eigenvalue weighted by Crippen LogP contribution is 2.33. The highest BCUT2D eigenvalue weighted by molar-refractivity contribution is 5.89. The van der Waals surface area contributed by atoms with E-state index < -0.39 is 36.4 Å². The Morgan fingerprint density at radius 3 is 2.34 bits per heavy atom. The van der Waals surface area contributed by atoms with E-state index in [2.05, 4.69) is 10.3 Å². The number of nitrogens with zero attached hydrogens (tertiary/aromatic N) is 2. The summed E-state index contributed by atoms with van der Waals surface area (Å²) in [5.41, 5.74) is 1.93. The molecule has 1 aromatic carbocycles. The van der Waals surface area contributed by atoms with E-state index in [-0.39, 0.29) is 26.1 Å². The Bertz CT molecular complexity index is 1000. The number of hydrogen-bond acceptors (Lipinski definition) is 6. The minimum Gasteiger partial charge on any atom is -0.478 e. The molecule has 1 aliphatic rings. The van der Waals surface area contributed by atoms with Crippen molar-refractivity contribution in [2.45, 2.75) is 25.9 Å². The van der Waals surface area contributed by atoms with Crippen LogP contribution in [0.2, 0.25) is 0 Å². The van der Waals surface area contributed by atoms with Gasteiger partial charge in [-0.25, -0.2) is 28.1 Å². The number of carboxylic acid groups (broad SMARTS) is 2. The standard InChI is InChI=1S/C20H23F2N3O2.C4H4O4/c1-15-5-7-16(8-6-15)13-27-19(26)25-11-9-17(20(21,22)14-25)12-24-18-4-2-3-10-23-18;5-3(6)1-2-4(7)8/h2-8,10,17H,9,11-14H2,1H3,(H,23,24);1-2H,(H,5,6)(H,7,8)/b;2-1+/t17-;/m1./s1. The molecule has 1 saturated heterocycles. The van der Waals surface area contributed by atoms with E-state index in [1.54, 1.807) is 24.4 Å². The second-order valence-electron chi connectivity index (χ2n) is 7.81. The van der Waals surface area contributed by atoms with Crippen LogP contribution in [0, 0.1) is 12.8 Å². The van der Waals surface area contributed by atoms with Crippen LogP contribution in [-0.4, -0.2) is 63.7 Å². The number of ether oxygens (including phenoxy) is 1. The van der Waals surface area contributed by atoms with E-state index in [0.717, 1.165) is 16.0 Å². The number of amides is 1. The minimum atomic E-state index is -2.98. The third kappa shape index (κ3) is 9.78. The van der Waals surface area contributed by atoms with Crippen molar-refractivity contribution in [3.05, 3.63) is 71.9 Å². The lowest BCUT2D eigenvalue weighted by Gasteiger charge is -2.37. The topological polar surface area (TPSA) is 129 Å². The van der Waals surface area contributed by atoms with Gasteiger partial charge < -0.3 is 25.2 Å². The molecule has 1 atom stereocenters. The monoisotopic (exact) mass is 491 g/mol. The van der Waals surface area contributed by atoms with Gasteiger partial charge in [-0.2, -0.15) is 0 Å². The molecular weight excluding hydrogens is 464 g/mol. The Kier molecular flexibility index (Phi) is 10.1. The van der Waals surface area contributed by atoms with Gasteiger partial charge in [0, 0.05) is 37.4 Å². The molecule has 3 rings (SSSR count). The van der Waals surface area contributed by atoms with Crippen LogP contribution in [0.4, 0.5) is 19.4 Å². The number of hydrogen-bond donors (Lipinski definition) is 3. The first-order valence-electron chi connectivity index (χ1n) is 10.7. The van der Waals surface area contributed by atoms with Crippen molar-refractivity contribution < 1.29 is 38.1 Å². The molecule has 0 aliphatic carbocycles. The van der Waals surface area contributed by atoms with Gasteiger partial charge in [-0.15, -0.1) is 0 Å². The second-order valence-corrected chi connectivity index (χ2v) is 7.81. The molecule has 0 bridgehead atoms. The number of benzene rings is 1. The number of carboxylic acids is 2. The summed E-state index contributed by atoms with van der Waals surface area (Å²) in [6.07, 6.45) is 2.22. The number of piperidine rings is 1. The van der Waals surface area contributed by atoms with Crippen LogP contribution in [0.15, 0.2) is 60.8 Å². The van der Waals surface area contributed by atoms with Crippen LogP contribution in [0.1, 0.15) is 17.5 Å². The quantitative estimate of drug-likeness (QED) is 0.499. The molecule has 11 heteroatoms. The van der Waals surface area contributed by atoms with E-state index in [1.165, 1.54) is 0 Å².